The van der Waals surface area contributed by atoms with Gasteiger partial charge in [-0.05, 0) is 103 Å². The molecule has 0 saturated carbocycles. The number of hydrogen-bond acceptors (Lipinski definition) is 2. The number of para-hydroxylation sites is 2. The molecular weight excluding hydrogens is 739 g/mol. The standard InChI is InChI=1S/C59H37NO/c1-2-16-43-38(14-1)15-11-28-55(43)60(42-36-32-40(33-37-42)45-22-12-23-49-48-19-6-10-29-56(48)61-58(45)49)41-34-30-39(31-35-41)44-21-13-27-54-57(44)50-20-5-9-26-53(50)59(54)51-24-7-3-17-46(51)47-18-4-8-25-52(47)59/h1-37H. The van der Waals surface area contributed by atoms with Crippen LogP contribution < -0.4 is 4.90 Å². The summed E-state index contributed by atoms with van der Waals surface area (Å²) in [5.74, 6) is 0. The van der Waals surface area contributed by atoms with Gasteiger partial charge in [-0.25, -0.2) is 0 Å². The van der Waals surface area contributed by atoms with Crippen molar-refractivity contribution >= 4 is 49.8 Å². The normalized spacial score (nSPS) is 13.0. The van der Waals surface area contributed by atoms with Gasteiger partial charge >= 0.3 is 0 Å². The molecule has 2 aliphatic rings. The molecule has 13 rings (SSSR count). The van der Waals surface area contributed by atoms with Gasteiger partial charge in [-0.1, -0.05) is 188 Å². The molecule has 2 aliphatic carbocycles. The molecule has 10 aromatic carbocycles. The van der Waals surface area contributed by atoms with E-state index in [0.717, 1.165) is 50.1 Å². The lowest BCUT2D eigenvalue weighted by atomic mass is 9.70. The summed E-state index contributed by atoms with van der Waals surface area (Å²) in [6, 6.07) is 82.1. The monoisotopic (exact) mass is 775 g/mol. The van der Waals surface area contributed by atoms with Crippen molar-refractivity contribution in [2.45, 2.75) is 5.41 Å². The van der Waals surface area contributed by atoms with Crippen LogP contribution in [-0.4, -0.2) is 0 Å². The Hall–Kier alpha value is -7.94. The predicted octanol–water partition coefficient (Wildman–Crippen LogP) is 15.9. The zero-order valence-electron chi connectivity index (χ0n) is 33.2. The summed E-state index contributed by atoms with van der Waals surface area (Å²) in [6.45, 7) is 0. The van der Waals surface area contributed by atoms with Gasteiger partial charge in [-0.3, -0.25) is 0 Å². The fourth-order valence-electron chi connectivity index (χ4n) is 10.8. The van der Waals surface area contributed by atoms with Gasteiger partial charge in [0.15, 0.2) is 0 Å². The minimum atomic E-state index is -0.373. The number of rotatable bonds is 5. The van der Waals surface area contributed by atoms with Crippen LogP contribution in [0.2, 0.25) is 0 Å². The summed E-state index contributed by atoms with van der Waals surface area (Å²) in [5, 5.41) is 4.68. The van der Waals surface area contributed by atoms with Crippen LogP contribution in [0.5, 0.6) is 0 Å². The Kier molecular flexibility index (Phi) is 7.26. The van der Waals surface area contributed by atoms with Crippen molar-refractivity contribution in [2.75, 3.05) is 4.90 Å². The first-order chi connectivity index (χ1) is 30.3. The summed E-state index contributed by atoms with van der Waals surface area (Å²) in [6.07, 6.45) is 0. The summed E-state index contributed by atoms with van der Waals surface area (Å²) >= 11 is 0. The third-order valence-corrected chi connectivity index (χ3v) is 13.3. The average molecular weight is 776 g/mol. The van der Waals surface area contributed by atoms with E-state index in [4.69, 9.17) is 4.42 Å². The van der Waals surface area contributed by atoms with E-state index in [1.54, 1.807) is 0 Å². The molecule has 1 spiro atoms. The second-order valence-electron chi connectivity index (χ2n) is 16.3. The second-order valence-corrected chi connectivity index (χ2v) is 16.3. The Bertz CT molecular complexity index is 3490. The largest absolute Gasteiger partial charge is 0.455 e. The minimum Gasteiger partial charge on any atom is -0.455 e. The molecular formula is C59H37NO. The molecule has 0 atom stereocenters. The highest BCUT2D eigenvalue weighted by molar-refractivity contribution is 6.10. The summed E-state index contributed by atoms with van der Waals surface area (Å²) in [4.78, 5) is 2.39. The number of fused-ring (bicyclic) bond motifs is 14. The predicted molar refractivity (Wildman–Crippen MR) is 253 cm³/mol. The van der Waals surface area contributed by atoms with Gasteiger partial charge in [0, 0.05) is 33.1 Å². The van der Waals surface area contributed by atoms with Gasteiger partial charge in [0.05, 0.1) is 11.1 Å². The number of nitrogens with zero attached hydrogens (tertiary/aromatic N) is 1. The Morgan fingerprint density at radius 1 is 0.328 bits per heavy atom. The molecule has 1 heterocycles. The summed E-state index contributed by atoms with van der Waals surface area (Å²) in [5.41, 5.74) is 20.1. The maximum Gasteiger partial charge on any atom is 0.143 e. The first kappa shape index (κ1) is 34.0. The number of benzene rings is 10. The fourth-order valence-corrected chi connectivity index (χ4v) is 10.8. The topological polar surface area (TPSA) is 16.4 Å². The molecule has 0 saturated heterocycles. The molecule has 0 radical (unpaired) electrons. The van der Waals surface area contributed by atoms with E-state index >= 15 is 0 Å². The van der Waals surface area contributed by atoms with Crippen molar-refractivity contribution in [3.63, 3.8) is 0 Å². The van der Waals surface area contributed by atoms with Crippen LogP contribution in [0.3, 0.4) is 0 Å². The molecule has 11 aromatic rings. The van der Waals surface area contributed by atoms with E-state index in [0.29, 0.717) is 0 Å². The lowest BCUT2D eigenvalue weighted by Gasteiger charge is -2.30. The molecule has 1 aromatic heterocycles. The molecule has 61 heavy (non-hydrogen) atoms. The van der Waals surface area contributed by atoms with Gasteiger partial charge in [0.25, 0.3) is 0 Å². The van der Waals surface area contributed by atoms with Gasteiger partial charge < -0.3 is 9.32 Å². The first-order valence-electron chi connectivity index (χ1n) is 21.1. The van der Waals surface area contributed by atoms with Crippen LogP contribution >= 0.6 is 0 Å². The van der Waals surface area contributed by atoms with Crippen molar-refractivity contribution in [1.29, 1.82) is 0 Å². The number of furan rings is 1. The van der Waals surface area contributed by atoms with Crippen LogP contribution in [0.1, 0.15) is 22.3 Å². The SMILES string of the molecule is c1ccc2c(c1)-c1ccccc1C21c2ccccc2-c2c(-c3ccc(N(c4ccc(-c5cccc6c5oc5ccccc56)cc4)c4cccc5ccccc45)cc3)cccc21. The highest BCUT2D eigenvalue weighted by atomic mass is 16.3. The molecule has 0 fully saturated rings. The highest BCUT2D eigenvalue weighted by Gasteiger charge is 2.51. The van der Waals surface area contributed by atoms with Crippen LogP contribution in [0.4, 0.5) is 17.1 Å². The van der Waals surface area contributed by atoms with E-state index in [1.807, 2.05) is 12.1 Å². The minimum absolute atomic E-state index is 0.373. The van der Waals surface area contributed by atoms with Gasteiger partial charge in [-0.2, -0.15) is 0 Å². The molecule has 0 N–H and O–H groups in total. The van der Waals surface area contributed by atoms with Crippen LogP contribution in [-0.2, 0) is 5.41 Å². The van der Waals surface area contributed by atoms with E-state index in [-0.39, 0.29) is 5.41 Å². The molecule has 0 amide bonds. The molecule has 2 heteroatoms. The van der Waals surface area contributed by atoms with E-state index in [2.05, 4.69) is 217 Å². The third kappa shape index (κ3) is 4.79. The zero-order chi connectivity index (χ0) is 40.1. The Morgan fingerprint density at radius 3 is 1.52 bits per heavy atom. The smallest absolute Gasteiger partial charge is 0.143 e. The first-order valence-corrected chi connectivity index (χ1v) is 21.1. The van der Waals surface area contributed by atoms with Crippen molar-refractivity contribution in [1.82, 2.24) is 0 Å². The molecule has 0 unspecified atom stereocenters. The summed E-state index contributed by atoms with van der Waals surface area (Å²) < 4.78 is 6.45. The molecule has 2 nitrogen and oxygen atoms in total. The average Bonchev–Trinajstić information content (AvgIpc) is 3.97. The van der Waals surface area contributed by atoms with Crippen molar-refractivity contribution < 1.29 is 4.42 Å². The van der Waals surface area contributed by atoms with E-state index < -0.39 is 0 Å². The third-order valence-electron chi connectivity index (χ3n) is 13.3. The summed E-state index contributed by atoms with van der Waals surface area (Å²) in [7, 11) is 0. The molecule has 0 bridgehead atoms. The van der Waals surface area contributed by atoms with Gasteiger partial charge in [0.2, 0.25) is 0 Å². The van der Waals surface area contributed by atoms with Crippen molar-refractivity contribution in [3.8, 4) is 44.5 Å². The number of anilines is 3. The zero-order valence-corrected chi connectivity index (χ0v) is 33.2. The molecule has 284 valence electrons. The van der Waals surface area contributed by atoms with Crippen LogP contribution in [0, 0.1) is 0 Å². The fraction of sp³-hybridized carbons (Fsp3) is 0.0169. The maximum absolute atomic E-state index is 6.45. The number of hydrogen-bond donors (Lipinski definition) is 0. The quantitative estimate of drug-likeness (QED) is 0.173. The van der Waals surface area contributed by atoms with Crippen molar-refractivity contribution in [3.05, 3.63) is 247 Å². The lowest BCUT2D eigenvalue weighted by molar-refractivity contribution is 0.670. The Balaban J connectivity index is 0.950. The van der Waals surface area contributed by atoms with Crippen molar-refractivity contribution in [2.24, 2.45) is 0 Å². The van der Waals surface area contributed by atoms with E-state index in [1.165, 1.54) is 66.4 Å². The van der Waals surface area contributed by atoms with E-state index in [9.17, 15) is 0 Å². The van der Waals surface area contributed by atoms with Gasteiger partial charge in [-0.15, -0.1) is 0 Å². The Morgan fingerprint density at radius 2 is 0.803 bits per heavy atom. The lowest BCUT2D eigenvalue weighted by Crippen LogP contribution is -2.25. The second kappa shape index (κ2) is 13.0. The van der Waals surface area contributed by atoms with Crippen LogP contribution in [0.15, 0.2) is 229 Å². The van der Waals surface area contributed by atoms with Gasteiger partial charge in [0.1, 0.15) is 11.2 Å². The maximum atomic E-state index is 6.45. The molecule has 0 aliphatic heterocycles. The Labute approximate surface area is 354 Å². The van der Waals surface area contributed by atoms with Crippen LogP contribution in [0.25, 0.3) is 77.2 Å². The highest BCUT2D eigenvalue weighted by Crippen LogP contribution is 2.64.